The first-order valence-corrected chi connectivity index (χ1v) is 6.18. The molecule has 0 atom stereocenters. The summed E-state index contributed by atoms with van der Waals surface area (Å²) in [4.78, 5) is 11.8. The lowest BCUT2D eigenvalue weighted by molar-refractivity contribution is 0.0433. The van der Waals surface area contributed by atoms with E-state index in [4.69, 9.17) is 22.1 Å². The average Bonchev–Trinajstić information content (AvgIpc) is 2.33. The molecule has 0 aliphatic heterocycles. The van der Waals surface area contributed by atoms with Crippen molar-refractivity contribution in [3.63, 3.8) is 0 Å². The first kappa shape index (κ1) is 13.8. The van der Waals surface area contributed by atoms with Crippen LogP contribution in [0.15, 0.2) is 18.2 Å². The van der Waals surface area contributed by atoms with E-state index in [9.17, 15) is 4.79 Å². The molecular formula is C13H18ClNO2. The number of nitrogen functional groups attached to an aromatic ring is 1. The van der Waals surface area contributed by atoms with Crippen LogP contribution in [0.3, 0.4) is 0 Å². The van der Waals surface area contributed by atoms with Crippen molar-refractivity contribution >= 4 is 23.3 Å². The topological polar surface area (TPSA) is 52.3 Å². The zero-order valence-electron chi connectivity index (χ0n) is 10.2. The Morgan fingerprint density at radius 2 is 2.06 bits per heavy atom. The van der Waals surface area contributed by atoms with Crippen LogP contribution in [0, 0.1) is 5.92 Å². The Kier molecular flexibility index (Phi) is 5.29. The molecule has 1 aromatic carbocycles. The van der Waals surface area contributed by atoms with Crippen LogP contribution in [0.1, 0.15) is 37.0 Å². The number of halogens is 1. The molecule has 0 saturated carbocycles. The fourth-order valence-electron chi connectivity index (χ4n) is 1.49. The second-order valence-electron chi connectivity index (χ2n) is 4.02. The minimum absolute atomic E-state index is 0.331. The van der Waals surface area contributed by atoms with Crippen LogP contribution in [-0.4, -0.2) is 12.6 Å². The lowest BCUT2D eigenvalue weighted by Crippen LogP contribution is -2.13. The summed E-state index contributed by atoms with van der Waals surface area (Å²) < 4.78 is 5.23. The van der Waals surface area contributed by atoms with E-state index in [0.29, 0.717) is 28.8 Å². The molecule has 0 spiro atoms. The maximum Gasteiger partial charge on any atom is 0.339 e. The number of nitrogens with two attached hydrogens (primary N) is 1. The third kappa shape index (κ3) is 3.93. The monoisotopic (exact) mass is 255 g/mol. The van der Waals surface area contributed by atoms with Crippen LogP contribution in [-0.2, 0) is 4.74 Å². The molecule has 1 rings (SSSR count). The molecule has 0 fully saturated rings. The van der Waals surface area contributed by atoms with Crippen LogP contribution in [0.2, 0.25) is 5.02 Å². The van der Waals surface area contributed by atoms with Crippen LogP contribution in [0.25, 0.3) is 0 Å². The molecule has 0 radical (unpaired) electrons. The molecule has 0 bridgehead atoms. The third-order valence-corrected chi connectivity index (χ3v) is 3.14. The molecule has 0 heterocycles. The number of esters is 1. The molecule has 17 heavy (non-hydrogen) atoms. The number of benzene rings is 1. The van der Waals surface area contributed by atoms with Gasteiger partial charge in [0.05, 0.1) is 17.2 Å². The highest BCUT2D eigenvalue weighted by molar-refractivity contribution is 6.33. The summed E-state index contributed by atoms with van der Waals surface area (Å²) in [5.74, 6) is -0.00650. The summed E-state index contributed by atoms with van der Waals surface area (Å²) >= 11 is 5.92. The molecule has 0 aliphatic carbocycles. The normalized spacial score (nSPS) is 10.6. The van der Waals surface area contributed by atoms with Crippen molar-refractivity contribution in [2.75, 3.05) is 12.3 Å². The van der Waals surface area contributed by atoms with E-state index < -0.39 is 5.97 Å². The number of anilines is 1. The minimum Gasteiger partial charge on any atom is -0.462 e. The van der Waals surface area contributed by atoms with E-state index in [1.54, 1.807) is 12.1 Å². The summed E-state index contributed by atoms with van der Waals surface area (Å²) in [6, 6.07) is 4.79. The van der Waals surface area contributed by atoms with E-state index in [1.165, 1.54) is 6.07 Å². The summed E-state index contributed by atoms with van der Waals surface area (Å²) in [5.41, 5.74) is 6.44. The number of rotatable bonds is 5. The van der Waals surface area contributed by atoms with Crippen LogP contribution >= 0.6 is 11.6 Å². The highest BCUT2D eigenvalue weighted by Gasteiger charge is 2.14. The number of hydrogen-bond donors (Lipinski definition) is 1. The molecule has 3 nitrogen and oxygen atoms in total. The highest BCUT2D eigenvalue weighted by Crippen LogP contribution is 2.20. The fourth-order valence-corrected chi connectivity index (χ4v) is 1.69. The van der Waals surface area contributed by atoms with Gasteiger partial charge in [-0.1, -0.05) is 38.3 Å². The Morgan fingerprint density at radius 1 is 1.41 bits per heavy atom. The number of carbonyl (C=O) groups excluding carboxylic acids is 1. The van der Waals surface area contributed by atoms with Gasteiger partial charge in [-0.3, -0.25) is 0 Å². The van der Waals surface area contributed by atoms with Gasteiger partial charge in [-0.25, -0.2) is 4.79 Å². The molecule has 4 heteroatoms. The Morgan fingerprint density at radius 3 is 2.65 bits per heavy atom. The van der Waals surface area contributed by atoms with Gasteiger partial charge < -0.3 is 10.5 Å². The first-order chi connectivity index (χ1) is 8.08. The van der Waals surface area contributed by atoms with Crippen molar-refractivity contribution in [2.45, 2.75) is 26.7 Å². The zero-order valence-corrected chi connectivity index (χ0v) is 11.0. The molecule has 0 amide bonds. The molecular weight excluding hydrogens is 238 g/mol. The second kappa shape index (κ2) is 6.50. The summed E-state index contributed by atoms with van der Waals surface area (Å²) in [6.45, 7) is 4.59. The lowest BCUT2D eigenvalue weighted by Gasteiger charge is -2.13. The van der Waals surface area contributed by atoms with Gasteiger partial charge >= 0.3 is 5.97 Å². The van der Waals surface area contributed by atoms with Gasteiger partial charge in [-0.05, 0) is 24.1 Å². The zero-order chi connectivity index (χ0) is 12.8. The second-order valence-corrected chi connectivity index (χ2v) is 4.43. The molecule has 0 saturated heterocycles. The van der Waals surface area contributed by atoms with Gasteiger partial charge in [0.15, 0.2) is 0 Å². The van der Waals surface area contributed by atoms with Crippen molar-refractivity contribution in [3.05, 3.63) is 28.8 Å². The smallest absolute Gasteiger partial charge is 0.339 e. The summed E-state index contributed by atoms with van der Waals surface area (Å²) in [7, 11) is 0. The first-order valence-electron chi connectivity index (χ1n) is 5.80. The lowest BCUT2D eigenvalue weighted by atomic mass is 10.1. The SMILES string of the molecule is CCC(CC)COC(=O)c1cc(N)ccc1Cl. The van der Waals surface area contributed by atoms with E-state index in [1.807, 2.05) is 0 Å². The Labute approximate surface area is 107 Å². The maximum atomic E-state index is 11.8. The van der Waals surface area contributed by atoms with E-state index in [-0.39, 0.29) is 0 Å². The van der Waals surface area contributed by atoms with Crippen molar-refractivity contribution in [2.24, 2.45) is 5.92 Å². The van der Waals surface area contributed by atoms with Crippen molar-refractivity contribution < 1.29 is 9.53 Å². The molecule has 0 aliphatic rings. The van der Waals surface area contributed by atoms with Gasteiger partial charge in [0.1, 0.15) is 0 Å². The van der Waals surface area contributed by atoms with E-state index in [2.05, 4.69) is 13.8 Å². The molecule has 94 valence electrons. The van der Waals surface area contributed by atoms with Crippen molar-refractivity contribution in [3.8, 4) is 0 Å². The third-order valence-electron chi connectivity index (χ3n) is 2.82. The van der Waals surface area contributed by atoms with Gasteiger partial charge in [-0.15, -0.1) is 0 Å². The number of ether oxygens (including phenoxy) is 1. The van der Waals surface area contributed by atoms with Crippen LogP contribution in [0.4, 0.5) is 5.69 Å². The van der Waals surface area contributed by atoms with Gasteiger partial charge in [-0.2, -0.15) is 0 Å². The minimum atomic E-state index is -0.408. The van der Waals surface area contributed by atoms with Crippen LogP contribution < -0.4 is 5.73 Å². The maximum absolute atomic E-state index is 11.8. The van der Waals surface area contributed by atoms with Crippen molar-refractivity contribution in [1.29, 1.82) is 0 Å². The molecule has 2 N–H and O–H groups in total. The number of hydrogen-bond acceptors (Lipinski definition) is 3. The Bertz CT molecular complexity index is 389. The predicted octanol–water partition coefficient (Wildman–Crippen LogP) is 3.52. The van der Waals surface area contributed by atoms with Gasteiger partial charge in [0.25, 0.3) is 0 Å². The highest BCUT2D eigenvalue weighted by atomic mass is 35.5. The fraction of sp³-hybridized carbons (Fsp3) is 0.462. The Hall–Kier alpha value is -1.22. The Balaban J connectivity index is 2.66. The number of carbonyl (C=O) groups is 1. The van der Waals surface area contributed by atoms with Crippen molar-refractivity contribution in [1.82, 2.24) is 0 Å². The van der Waals surface area contributed by atoms with E-state index in [0.717, 1.165) is 12.8 Å². The van der Waals surface area contributed by atoms with E-state index >= 15 is 0 Å². The van der Waals surface area contributed by atoms with Gasteiger partial charge in [0, 0.05) is 5.69 Å². The summed E-state index contributed by atoms with van der Waals surface area (Å²) in [5, 5.41) is 0.369. The quantitative estimate of drug-likeness (QED) is 0.647. The largest absolute Gasteiger partial charge is 0.462 e. The molecule has 0 aromatic heterocycles. The molecule has 0 unspecified atom stereocenters. The van der Waals surface area contributed by atoms with Crippen LogP contribution in [0.5, 0.6) is 0 Å². The summed E-state index contributed by atoms with van der Waals surface area (Å²) in [6.07, 6.45) is 1.99. The standard InChI is InChI=1S/C13H18ClNO2/c1-3-9(4-2)8-17-13(16)11-7-10(15)5-6-12(11)14/h5-7,9H,3-4,8,15H2,1-2H3. The van der Waals surface area contributed by atoms with Gasteiger partial charge in [0.2, 0.25) is 0 Å². The average molecular weight is 256 g/mol. The predicted molar refractivity (Wildman–Crippen MR) is 70.2 cm³/mol. The molecule has 1 aromatic rings.